The van der Waals surface area contributed by atoms with Gasteiger partial charge < -0.3 is 9.47 Å². The molecule has 0 aliphatic carbocycles. The molecular weight excluding hydrogens is 270 g/mol. The fourth-order valence-corrected chi connectivity index (χ4v) is 2.30. The minimum absolute atomic E-state index is 0.0267. The van der Waals surface area contributed by atoms with Crippen LogP contribution in [0.5, 0.6) is 11.5 Å². The van der Waals surface area contributed by atoms with Gasteiger partial charge in [0.25, 0.3) is 5.70 Å². The molecule has 0 bridgehead atoms. The minimum Gasteiger partial charge on any atom is -0.497 e. The van der Waals surface area contributed by atoms with Gasteiger partial charge in [-0.15, -0.1) is 0 Å². The van der Waals surface area contributed by atoms with Crippen LogP contribution in [0.4, 0.5) is 0 Å². The zero-order valence-corrected chi connectivity index (χ0v) is 11.4. The SMILES string of the molecule is COc1ccc([C@H]2Oc3ccccc3C=C2[N+](=O)[O-])cc1. The van der Waals surface area contributed by atoms with Gasteiger partial charge in [-0.05, 0) is 18.2 Å². The van der Waals surface area contributed by atoms with Crippen LogP contribution in [0.3, 0.4) is 0 Å². The normalized spacial score (nSPS) is 16.4. The molecule has 5 heteroatoms. The quantitative estimate of drug-likeness (QED) is 0.639. The number of para-hydroxylation sites is 1. The van der Waals surface area contributed by atoms with E-state index in [-0.39, 0.29) is 5.70 Å². The van der Waals surface area contributed by atoms with E-state index < -0.39 is 11.0 Å². The summed E-state index contributed by atoms with van der Waals surface area (Å²) in [5.74, 6) is 1.34. The van der Waals surface area contributed by atoms with Crippen LogP contribution in [0.25, 0.3) is 6.08 Å². The standard InChI is InChI=1S/C16H13NO4/c1-20-13-8-6-11(7-9-13)16-14(17(18)19)10-12-4-2-3-5-15(12)21-16/h2-10,16H,1H3/t16-/m1/s1. The maximum Gasteiger partial charge on any atom is 0.291 e. The van der Waals surface area contributed by atoms with Crippen molar-refractivity contribution in [2.75, 3.05) is 7.11 Å². The van der Waals surface area contributed by atoms with E-state index in [0.717, 1.165) is 0 Å². The third-order valence-corrected chi connectivity index (χ3v) is 3.37. The zero-order valence-electron chi connectivity index (χ0n) is 11.4. The molecule has 106 valence electrons. The third kappa shape index (κ3) is 2.45. The van der Waals surface area contributed by atoms with Gasteiger partial charge in [-0.1, -0.05) is 30.3 Å². The van der Waals surface area contributed by atoms with Crippen molar-refractivity contribution in [3.05, 3.63) is 75.5 Å². The van der Waals surface area contributed by atoms with Crippen LogP contribution >= 0.6 is 0 Å². The molecule has 0 radical (unpaired) electrons. The van der Waals surface area contributed by atoms with Crippen molar-refractivity contribution in [1.29, 1.82) is 0 Å². The summed E-state index contributed by atoms with van der Waals surface area (Å²) >= 11 is 0. The lowest BCUT2D eigenvalue weighted by Crippen LogP contribution is -2.19. The van der Waals surface area contributed by atoms with E-state index in [9.17, 15) is 10.1 Å². The third-order valence-electron chi connectivity index (χ3n) is 3.37. The first-order valence-electron chi connectivity index (χ1n) is 6.44. The van der Waals surface area contributed by atoms with Gasteiger partial charge >= 0.3 is 0 Å². The van der Waals surface area contributed by atoms with E-state index in [0.29, 0.717) is 22.6 Å². The van der Waals surface area contributed by atoms with Gasteiger partial charge in [0.05, 0.1) is 12.0 Å². The van der Waals surface area contributed by atoms with Crippen molar-refractivity contribution in [2.45, 2.75) is 6.10 Å². The van der Waals surface area contributed by atoms with Gasteiger partial charge in [-0.3, -0.25) is 10.1 Å². The average Bonchev–Trinajstić information content (AvgIpc) is 2.53. The van der Waals surface area contributed by atoms with Gasteiger partial charge in [0.15, 0.2) is 0 Å². The number of hydrogen-bond acceptors (Lipinski definition) is 4. The van der Waals surface area contributed by atoms with E-state index >= 15 is 0 Å². The topological polar surface area (TPSA) is 61.6 Å². The smallest absolute Gasteiger partial charge is 0.291 e. The molecule has 2 aromatic rings. The Balaban J connectivity index is 2.03. The molecule has 5 nitrogen and oxygen atoms in total. The zero-order chi connectivity index (χ0) is 14.8. The number of methoxy groups -OCH3 is 1. The molecule has 3 rings (SSSR count). The highest BCUT2D eigenvalue weighted by atomic mass is 16.6. The van der Waals surface area contributed by atoms with E-state index in [2.05, 4.69) is 0 Å². The Labute approximate surface area is 121 Å². The first-order chi connectivity index (χ1) is 10.2. The van der Waals surface area contributed by atoms with Crippen LogP contribution in [0.2, 0.25) is 0 Å². The Hall–Kier alpha value is -2.82. The molecule has 1 aliphatic rings. The molecular formula is C16H13NO4. The highest BCUT2D eigenvalue weighted by Crippen LogP contribution is 2.37. The average molecular weight is 283 g/mol. The van der Waals surface area contributed by atoms with Crippen molar-refractivity contribution < 1.29 is 14.4 Å². The Morgan fingerprint density at radius 3 is 2.52 bits per heavy atom. The molecule has 1 atom stereocenters. The van der Waals surface area contributed by atoms with Crippen LogP contribution in [0.1, 0.15) is 17.2 Å². The highest BCUT2D eigenvalue weighted by Gasteiger charge is 2.32. The molecule has 0 fully saturated rings. The van der Waals surface area contributed by atoms with Gasteiger partial charge in [0, 0.05) is 17.2 Å². The second-order valence-electron chi connectivity index (χ2n) is 4.64. The van der Waals surface area contributed by atoms with E-state index in [1.54, 1.807) is 49.6 Å². The maximum atomic E-state index is 11.3. The lowest BCUT2D eigenvalue weighted by Gasteiger charge is -2.22. The maximum absolute atomic E-state index is 11.3. The lowest BCUT2D eigenvalue weighted by molar-refractivity contribution is -0.434. The number of nitro groups is 1. The van der Waals surface area contributed by atoms with Crippen molar-refractivity contribution in [2.24, 2.45) is 0 Å². The van der Waals surface area contributed by atoms with Crippen LogP contribution in [-0.2, 0) is 0 Å². The number of ether oxygens (including phenoxy) is 2. The van der Waals surface area contributed by atoms with Crippen LogP contribution in [0, 0.1) is 10.1 Å². The van der Waals surface area contributed by atoms with Gasteiger partial charge in [0.2, 0.25) is 6.10 Å². The molecule has 0 saturated carbocycles. The van der Waals surface area contributed by atoms with E-state index in [4.69, 9.17) is 9.47 Å². The van der Waals surface area contributed by atoms with Crippen molar-refractivity contribution in [1.82, 2.24) is 0 Å². The summed E-state index contributed by atoms with van der Waals surface area (Å²) in [6, 6.07) is 14.3. The van der Waals surface area contributed by atoms with Crippen LogP contribution in [0.15, 0.2) is 54.2 Å². The number of nitrogens with zero attached hydrogens (tertiary/aromatic N) is 1. The second-order valence-corrected chi connectivity index (χ2v) is 4.64. The van der Waals surface area contributed by atoms with E-state index in [1.807, 2.05) is 12.1 Å². The Morgan fingerprint density at radius 2 is 1.86 bits per heavy atom. The first kappa shape index (κ1) is 13.2. The Kier molecular flexibility index (Phi) is 3.31. The van der Waals surface area contributed by atoms with Crippen LogP contribution < -0.4 is 9.47 Å². The van der Waals surface area contributed by atoms with Gasteiger partial charge in [0.1, 0.15) is 11.5 Å². The highest BCUT2D eigenvalue weighted by molar-refractivity contribution is 5.62. The molecule has 0 spiro atoms. The number of benzene rings is 2. The number of hydrogen-bond donors (Lipinski definition) is 0. The summed E-state index contributed by atoms with van der Waals surface area (Å²) in [6.45, 7) is 0. The predicted octanol–water partition coefficient (Wildman–Crippen LogP) is 3.45. The van der Waals surface area contributed by atoms with Gasteiger partial charge in [-0.2, -0.15) is 0 Å². The summed E-state index contributed by atoms with van der Waals surface area (Å²) in [4.78, 5) is 10.9. The predicted molar refractivity (Wildman–Crippen MR) is 77.8 cm³/mol. The van der Waals surface area contributed by atoms with Gasteiger partial charge in [-0.25, -0.2) is 0 Å². The summed E-state index contributed by atoms with van der Waals surface area (Å²) in [7, 11) is 1.57. The fourth-order valence-electron chi connectivity index (χ4n) is 2.30. The van der Waals surface area contributed by atoms with E-state index in [1.165, 1.54) is 0 Å². The first-order valence-corrected chi connectivity index (χ1v) is 6.44. The molecule has 0 amide bonds. The second kappa shape index (κ2) is 5.28. The number of rotatable bonds is 3. The van der Waals surface area contributed by atoms with Crippen molar-refractivity contribution in [3.8, 4) is 11.5 Å². The molecule has 1 heterocycles. The summed E-state index contributed by atoms with van der Waals surface area (Å²) in [5.41, 5.74) is 1.46. The summed E-state index contributed by atoms with van der Waals surface area (Å²) < 4.78 is 10.9. The number of fused-ring (bicyclic) bond motifs is 1. The Morgan fingerprint density at radius 1 is 1.14 bits per heavy atom. The molecule has 0 saturated heterocycles. The summed E-state index contributed by atoms with van der Waals surface area (Å²) in [6.07, 6.45) is 0.842. The molecule has 0 N–H and O–H groups in total. The monoisotopic (exact) mass is 283 g/mol. The summed E-state index contributed by atoms with van der Waals surface area (Å²) in [5, 5.41) is 11.3. The molecule has 2 aromatic carbocycles. The minimum atomic E-state index is -0.721. The molecule has 21 heavy (non-hydrogen) atoms. The molecule has 0 aromatic heterocycles. The Bertz CT molecular complexity index is 706. The van der Waals surface area contributed by atoms with Crippen molar-refractivity contribution in [3.63, 3.8) is 0 Å². The van der Waals surface area contributed by atoms with Crippen LogP contribution in [-0.4, -0.2) is 12.0 Å². The molecule has 0 unspecified atom stereocenters. The fraction of sp³-hybridized carbons (Fsp3) is 0.125. The lowest BCUT2D eigenvalue weighted by atomic mass is 10.0. The molecule has 1 aliphatic heterocycles. The van der Waals surface area contributed by atoms with Crippen molar-refractivity contribution >= 4 is 6.08 Å². The largest absolute Gasteiger partial charge is 0.497 e.